The standard InChI is InChI=1S/C30H39N9O7/c31-20(12-16-7-9-18(40)10-8-16)26(42)38-23(13-17-15-36-21-5-2-1-4-19(17)21)27(43)39-24(14-25(32)41)28(44)37-22(29(45)46)6-3-11-35-30(33)34/h1-2,4-5,7-10,15,20,22-24,36,40H,3,6,11-14,31H2,(H2,32,41)(H,37,44)(H,38,42)(H,39,43)(H,45,46)(H4,33,34,35). The molecule has 4 unspecified atom stereocenters. The van der Waals surface area contributed by atoms with Crippen molar-refractivity contribution in [3.05, 3.63) is 65.9 Å². The zero-order chi connectivity index (χ0) is 33.8. The molecule has 0 spiro atoms. The van der Waals surface area contributed by atoms with Crippen LogP contribution in [0.3, 0.4) is 0 Å². The maximum absolute atomic E-state index is 13.7. The van der Waals surface area contributed by atoms with Gasteiger partial charge in [0.25, 0.3) is 0 Å². The fourth-order valence-corrected chi connectivity index (χ4v) is 4.70. The lowest BCUT2D eigenvalue weighted by Gasteiger charge is -2.25. The van der Waals surface area contributed by atoms with Crippen LogP contribution in [0.25, 0.3) is 10.9 Å². The summed E-state index contributed by atoms with van der Waals surface area (Å²) in [5.41, 5.74) is 24.2. The molecule has 0 radical (unpaired) electrons. The molecule has 16 nitrogen and oxygen atoms in total. The van der Waals surface area contributed by atoms with Gasteiger partial charge < -0.3 is 54.1 Å². The summed E-state index contributed by atoms with van der Waals surface area (Å²) in [6, 6.07) is 8.14. The van der Waals surface area contributed by atoms with Gasteiger partial charge in [-0.05, 0) is 48.6 Å². The summed E-state index contributed by atoms with van der Waals surface area (Å²) in [5, 5.41) is 27.3. The molecule has 1 heterocycles. The first-order chi connectivity index (χ1) is 21.8. The highest BCUT2D eigenvalue weighted by atomic mass is 16.4. The molecule has 4 atom stereocenters. The molecular weight excluding hydrogens is 598 g/mol. The number of para-hydroxylation sites is 1. The van der Waals surface area contributed by atoms with Crippen LogP contribution >= 0.6 is 0 Å². The van der Waals surface area contributed by atoms with Crippen LogP contribution in [0, 0.1) is 0 Å². The highest BCUT2D eigenvalue weighted by Gasteiger charge is 2.32. The number of hydrogen-bond donors (Lipinski definition) is 10. The molecule has 0 aliphatic carbocycles. The van der Waals surface area contributed by atoms with E-state index >= 15 is 0 Å². The number of aromatic amines is 1. The first kappa shape index (κ1) is 34.8. The van der Waals surface area contributed by atoms with Crippen molar-refractivity contribution in [2.45, 2.75) is 56.3 Å². The third-order valence-corrected chi connectivity index (χ3v) is 7.06. The maximum atomic E-state index is 13.7. The minimum absolute atomic E-state index is 0.0268. The first-order valence-corrected chi connectivity index (χ1v) is 14.4. The van der Waals surface area contributed by atoms with Crippen LogP contribution in [0.2, 0.25) is 0 Å². The Morgan fingerprint density at radius 2 is 1.46 bits per heavy atom. The van der Waals surface area contributed by atoms with Crippen molar-refractivity contribution < 1.29 is 34.2 Å². The smallest absolute Gasteiger partial charge is 0.326 e. The van der Waals surface area contributed by atoms with E-state index in [4.69, 9.17) is 22.9 Å². The lowest BCUT2D eigenvalue weighted by Crippen LogP contribution is -2.58. The van der Waals surface area contributed by atoms with Crippen LogP contribution in [0.5, 0.6) is 5.75 Å². The number of primary amides is 1. The number of carbonyl (C=O) groups excluding carboxylic acids is 4. The van der Waals surface area contributed by atoms with E-state index in [9.17, 15) is 34.2 Å². The number of guanidine groups is 1. The van der Waals surface area contributed by atoms with Gasteiger partial charge in [-0.1, -0.05) is 30.3 Å². The number of amides is 4. The molecule has 4 amide bonds. The number of nitrogens with zero attached hydrogens (tertiary/aromatic N) is 1. The number of H-pyrrole nitrogens is 1. The van der Waals surface area contributed by atoms with Gasteiger partial charge in [0.15, 0.2) is 5.96 Å². The van der Waals surface area contributed by atoms with E-state index in [0.29, 0.717) is 11.1 Å². The number of phenolic OH excluding ortho intramolecular Hbond substituents is 1. The third kappa shape index (κ3) is 10.5. The first-order valence-electron chi connectivity index (χ1n) is 14.4. The molecule has 3 aromatic rings. The molecule has 3 rings (SSSR count). The van der Waals surface area contributed by atoms with Crippen LogP contribution in [0.4, 0.5) is 0 Å². The molecule has 0 saturated heterocycles. The van der Waals surface area contributed by atoms with Crippen LogP contribution in [0.1, 0.15) is 30.4 Å². The van der Waals surface area contributed by atoms with Gasteiger partial charge in [-0.3, -0.25) is 24.2 Å². The third-order valence-electron chi connectivity index (χ3n) is 7.06. The van der Waals surface area contributed by atoms with Crippen molar-refractivity contribution in [3.8, 4) is 5.75 Å². The number of aliphatic imine (C=N–C) groups is 1. The number of benzene rings is 2. The zero-order valence-electron chi connectivity index (χ0n) is 24.9. The lowest BCUT2D eigenvalue weighted by molar-refractivity contribution is -0.142. The second kappa shape index (κ2) is 16.4. The lowest BCUT2D eigenvalue weighted by atomic mass is 10.0. The van der Waals surface area contributed by atoms with Crippen molar-refractivity contribution in [2.75, 3.05) is 6.54 Å². The quantitative estimate of drug-likeness (QED) is 0.0462. The number of aromatic hydroxyl groups is 1. The van der Waals surface area contributed by atoms with Crippen molar-refractivity contribution in [3.63, 3.8) is 0 Å². The van der Waals surface area contributed by atoms with Gasteiger partial charge in [0.05, 0.1) is 12.5 Å². The fourth-order valence-electron chi connectivity index (χ4n) is 4.70. The molecule has 14 N–H and O–H groups in total. The number of carboxylic acid groups (broad SMARTS) is 1. The zero-order valence-corrected chi connectivity index (χ0v) is 24.9. The fraction of sp³-hybridized carbons (Fsp3) is 0.333. The number of phenols is 1. The van der Waals surface area contributed by atoms with E-state index in [1.54, 1.807) is 18.3 Å². The number of hydrogen-bond acceptors (Lipinski definition) is 8. The van der Waals surface area contributed by atoms with Gasteiger partial charge in [0.2, 0.25) is 23.6 Å². The second-order valence-electron chi connectivity index (χ2n) is 10.7. The van der Waals surface area contributed by atoms with Gasteiger partial charge in [-0.2, -0.15) is 0 Å². The molecule has 246 valence electrons. The summed E-state index contributed by atoms with van der Waals surface area (Å²) < 4.78 is 0. The predicted molar refractivity (Wildman–Crippen MR) is 169 cm³/mol. The number of nitrogens with two attached hydrogens (primary N) is 4. The van der Waals surface area contributed by atoms with Crippen LogP contribution in [-0.4, -0.2) is 81.5 Å². The molecule has 0 aliphatic heterocycles. The highest BCUT2D eigenvalue weighted by molar-refractivity contribution is 5.96. The molecule has 2 aromatic carbocycles. The number of nitrogens with one attached hydrogen (secondary N) is 4. The van der Waals surface area contributed by atoms with E-state index in [1.165, 1.54) is 12.1 Å². The number of carboxylic acids is 1. The van der Waals surface area contributed by atoms with Crippen molar-refractivity contribution >= 4 is 46.5 Å². The Morgan fingerprint density at radius 1 is 0.826 bits per heavy atom. The number of rotatable bonds is 17. The molecule has 1 aromatic heterocycles. The minimum Gasteiger partial charge on any atom is -0.508 e. The van der Waals surface area contributed by atoms with Gasteiger partial charge in [-0.25, -0.2) is 4.79 Å². The summed E-state index contributed by atoms with van der Waals surface area (Å²) in [4.78, 5) is 70.5. The van der Waals surface area contributed by atoms with Crippen molar-refractivity contribution in [2.24, 2.45) is 27.9 Å². The second-order valence-corrected chi connectivity index (χ2v) is 10.7. The topological polar surface area (TPSA) is 294 Å². The van der Waals surface area contributed by atoms with E-state index in [1.807, 2.05) is 24.3 Å². The van der Waals surface area contributed by atoms with Crippen molar-refractivity contribution in [1.29, 1.82) is 0 Å². The van der Waals surface area contributed by atoms with E-state index in [0.717, 1.165) is 10.9 Å². The molecule has 16 heteroatoms. The Hall–Kier alpha value is -5.64. The summed E-state index contributed by atoms with van der Waals surface area (Å²) in [7, 11) is 0. The minimum atomic E-state index is -1.56. The van der Waals surface area contributed by atoms with Gasteiger partial charge in [-0.15, -0.1) is 0 Å². The van der Waals surface area contributed by atoms with Crippen molar-refractivity contribution in [1.82, 2.24) is 20.9 Å². The predicted octanol–water partition coefficient (Wildman–Crippen LogP) is -1.55. The maximum Gasteiger partial charge on any atom is 0.326 e. The largest absolute Gasteiger partial charge is 0.508 e. The molecule has 0 fully saturated rings. The Morgan fingerprint density at radius 3 is 2.11 bits per heavy atom. The monoisotopic (exact) mass is 637 g/mol. The Bertz CT molecular complexity index is 1570. The summed E-state index contributed by atoms with van der Waals surface area (Å²) in [6.07, 6.45) is 1.27. The van der Waals surface area contributed by atoms with Crippen LogP contribution in [0.15, 0.2) is 59.7 Å². The molecule has 0 aliphatic rings. The molecule has 0 bridgehead atoms. The van der Waals surface area contributed by atoms with Crippen LogP contribution < -0.4 is 38.9 Å². The van der Waals surface area contributed by atoms with Gasteiger partial charge >= 0.3 is 5.97 Å². The summed E-state index contributed by atoms with van der Waals surface area (Å²) in [6.45, 7) is 0.119. The Balaban J connectivity index is 1.80. The Kier molecular flexibility index (Phi) is 12.5. The number of aromatic nitrogens is 1. The number of fused-ring (bicyclic) bond motifs is 1. The van der Waals surface area contributed by atoms with E-state index in [2.05, 4.69) is 25.9 Å². The van der Waals surface area contributed by atoms with Crippen LogP contribution in [-0.2, 0) is 36.8 Å². The average molecular weight is 638 g/mol. The SMILES string of the molecule is NC(=O)CC(NC(=O)C(Cc1c[nH]c2ccccc12)NC(=O)C(N)Cc1ccc(O)cc1)C(=O)NC(CCCN=C(N)N)C(=O)O. The van der Waals surface area contributed by atoms with Gasteiger partial charge in [0.1, 0.15) is 23.9 Å². The molecule has 46 heavy (non-hydrogen) atoms. The molecule has 0 saturated carbocycles. The van der Waals surface area contributed by atoms with E-state index in [-0.39, 0.29) is 43.9 Å². The summed E-state index contributed by atoms with van der Waals surface area (Å²) >= 11 is 0. The molecular formula is C30H39N9O7. The van der Waals surface area contributed by atoms with Gasteiger partial charge in [0, 0.05) is 30.1 Å². The highest BCUT2D eigenvalue weighted by Crippen LogP contribution is 2.19. The average Bonchev–Trinajstić information content (AvgIpc) is 3.41. The number of aliphatic carboxylic acids is 1. The summed E-state index contributed by atoms with van der Waals surface area (Å²) in [5.74, 6) is -4.89. The Labute approximate surface area is 264 Å². The van der Waals surface area contributed by atoms with E-state index < -0.39 is 60.2 Å². The normalized spacial score (nSPS) is 13.5. The number of carbonyl (C=O) groups is 5.